The van der Waals surface area contributed by atoms with Crippen LogP contribution in [0.4, 0.5) is 0 Å². The van der Waals surface area contributed by atoms with Gasteiger partial charge in [0.05, 0.1) is 7.11 Å². The second-order valence-electron chi connectivity index (χ2n) is 8.31. The van der Waals surface area contributed by atoms with Crippen LogP contribution in [-0.2, 0) is 0 Å². The van der Waals surface area contributed by atoms with Gasteiger partial charge in [0.25, 0.3) is 0 Å². The molecule has 0 saturated heterocycles. The first-order chi connectivity index (χ1) is 18.1. The number of aryl methyl sites for hydroxylation is 1. The molecule has 0 saturated carbocycles. The van der Waals surface area contributed by atoms with Crippen LogP contribution in [0.1, 0.15) is 5.56 Å². The first-order valence-electron chi connectivity index (χ1n) is 11.9. The summed E-state index contributed by atoms with van der Waals surface area (Å²) in [6.45, 7) is 2.05. The maximum Gasteiger partial charge on any atom is 0.127 e. The number of ether oxygens (including phenoxy) is 5. The molecule has 37 heavy (non-hydrogen) atoms. The van der Waals surface area contributed by atoms with E-state index >= 15 is 0 Å². The Kier molecular flexibility index (Phi) is 7.23. The number of benzene rings is 5. The molecule has 0 aliphatic heterocycles. The SMILES string of the molecule is COc1ccc(Oc2ccc(Oc3ccc(Oc4ccc(Oc5ccc(C)cc5)cc4)cc3)cc2)cc1. The molecular weight excluding hydrogens is 464 g/mol. The zero-order valence-corrected chi connectivity index (χ0v) is 20.6. The average molecular weight is 491 g/mol. The smallest absolute Gasteiger partial charge is 0.127 e. The Morgan fingerprint density at radius 2 is 0.486 bits per heavy atom. The lowest BCUT2D eigenvalue weighted by Crippen LogP contribution is -1.88. The second-order valence-corrected chi connectivity index (χ2v) is 8.31. The maximum atomic E-state index is 5.96. The van der Waals surface area contributed by atoms with Gasteiger partial charge < -0.3 is 23.7 Å². The van der Waals surface area contributed by atoms with E-state index in [1.807, 2.05) is 128 Å². The highest BCUT2D eigenvalue weighted by molar-refractivity contribution is 5.42. The van der Waals surface area contributed by atoms with Crippen LogP contribution in [0.5, 0.6) is 51.7 Å². The van der Waals surface area contributed by atoms with Crippen LogP contribution in [0.3, 0.4) is 0 Å². The molecule has 5 aromatic carbocycles. The van der Waals surface area contributed by atoms with Crippen molar-refractivity contribution < 1.29 is 23.7 Å². The Bertz CT molecular complexity index is 1410. The molecule has 0 aromatic heterocycles. The average Bonchev–Trinajstić information content (AvgIpc) is 2.94. The van der Waals surface area contributed by atoms with Gasteiger partial charge in [-0.2, -0.15) is 0 Å². The summed E-state index contributed by atoms with van der Waals surface area (Å²) in [5, 5.41) is 0. The van der Waals surface area contributed by atoms with Gasteiger partial charge in [-0.1, -0.05) is 17.7 Å². The van der Waals surface area contributed by atoms with E-state index in [0.29, 0.717) is 17.2 Å². The lowest BCUT2D eigenvalue weighted by molar-refractivity contribution is 0.413. The van der Waals surface area contributed by atoms with Crippen molar-refractivity contribution in [3.05, 3.63) is 127 Å². The fourth-order valence-corrected chi connectivity index (χ4v) is 3.52. The van der Waals surface area contributed by atoms with Gasteiger partial charge in [-0.15, -0.1) is 0 Å². The summed E-state index contributed by atoms with van der Waals surface area (Å²) in [4.78, 5) is 0. The van der Waals surface area contributed by atoms with E-state index in [-0.39, 0.29) is 0 Å². The molecule has 5 nitrogen and oxygen atoms in total. The van der Waals surface area contributed by atoms with Crippen molar-refractivity contribution >= 4 is 0 Å². The monoisotopic (exact) mass is 490 g/mol. The molecule has 5 heteroatoms. The van der Waals surface area contributed by atoms with Crippen molar-refractivity contribution in [3.63, 3.8) is 0 Å². The van der Waals surface area contributed by atoms with Crippen LogP contribution in [0.2, 0.25) is 0 Å². The molecular formula is C32H26O5. The van der Waals surface area contributed by atoms with E-state index in [4.69, 9.17) is 23.7 Å². The number of rotatable bonds is 9. The van der Waals surface area contributed by atoms with Crippen LogP contribution < -0.4 is 23.7 Å². The molecule has 0 aliphatic rings. The van der Waals surface area contributed by atoms with Crippen molar-refractivity contribution in [1.29, 1.82) is 0 Å². The third-order valence-corrected chi connectivity index (χ3v) is 5.49. The topological polar surface area (TPSA) is 46.2 Å². The predicted octanol–water partition coefficient (Wildman–Crippen LogP) is 9.17. The lowest BCUT2D eigenvalue weighted by atomic mass is 10.2. The van der Waals surface area contributed by atoms with Gasteiger partial charge in [0, 0.05) is 0 Å². The van der Waals surface area contributed by atoms with E-state index in [9.17, 15) is 0 Å². The molecule has 0 unspecified atom stereocenters. The maximum absolute atomic E-state index is 5.96. The Morgan fingerprint density at radius 3 is 0.703 bits per heavy atom. The van der Waals surface area contributed by atoms with Crippen molar-refractivity contribution in [3.8, 4) is 51.7 Å². The van der Waals surface area contributed by atoms with Crippen molar-refractivity contribution in [2.45, 2.75) is 6.92 Å². The van der Waals surface area contributed by atoms with Crippen LogP contribution >= 0.6 is 0 Å². The quantitative estimate of drug-likeness (QED) is 0.206. The molecule has 0 radical (unpaired) electrons. The first-order valence-corrected chi connectivity index (χ1v) is 11.9. The number of hydrogen-bond acceptors (Lipinski definition) is 5. The Labute approximate surface area is 216 Å². The minimum atomic E-state index is 0.706. The van der Waals surface area contributed by atoms with Gasteiger partial charge in [0.1, 0.15) is 51.7 Å². The summed E-state index contributed by atoms with van der Waals surface area (Å²) >= 11 is 0. The molecule has 0 bridgehead atoms. The van der Waals surface area contributed by atoms with E-state index in [1.165, 1.54) is 5.56 Å². The summed E-state index contributed by atoms with van der Waals surface area (Å²) in [6.07, 6.45) is 0. The highest BCUT2D eigenvalue weighted by Gasteiger charge is 2.04. The van der Waals surface area contributed by atoms with E-state index in [0.717, 1.165) is 34.5 Å². The predicted molar refractivity (Wildman–Crippen MR) is 144 cm³/mol. The summed E-state index contributed by atoms with van der Waals surface area (Å²) in [6, 6.07) is 37.8. The van der Waals surface area contributed by atoms with Crippen LogP contribution in [0.25, 0.3) is 0 Å². The minimum Gasteiger partial charge on any atom is -0.497 e. The fraction of sp³-hybridized carbons (Fsp3) is 0.0625. The Balaban J connectivity index is 1.14. The van der Waals surface area contributed by atoms with Crippen molar-refractivity contribution in [2.75, 3.05) is 7.11 Å². The van der Waals surface area contributed by atoms with Crippen molar-refractivity contribution in [1.82, 2.24) is 0 Å². The summed E-state index contributed by atoms with van der Waals surface area (Å²) in [7, 11) is 1.64. The minimum absolute atomic E-state index is 0.706. The summed E-state index contributed by atoms with van der Waals surface area (Å²) in [5.41, 5.74) is 1.20. The van der Waals surface area contributed by atoms with Gasteiger partial charge >= 0.3 is 0 Å². The van der Waals surface area contributed by atoms with E-state index < -0.39 is 0 Å². The molecule has 184 valence electrons. The number of hydrogen-bond donors (Lipinski definition) is 0. The Morgan fingerprint density at radius 1 is 0.297 bits per heavy atom. The van der Waals surface area contributed by atoms with Gasteiger partial charge in [0.2, 0.25) is 0 Å². The van der Waals surface area contributed by atoms with Crippen LogP contribution in [0, 0.1) is 6.92 Å². The van der Waals surface area contributed by atoms with Crippen LogP contribution in [-0.4, -0.2) is 7.11 Å². The van der Waals surface area contributed by atoms with Crippen molar-refractivity contribution in [2.24, 2.45) is 0 Å². The molecule has 0 heterocycles. The molecule has 0 atom stereocenters. The molecule has 5 aromatic rings. The summed E-state index contributed by atoms with van der Waals surface area (Å²) < 4.78 is 28.8. The second kappa shape index (κ2) is 11.2. The van der Waals surface area contributed by atoms with E-state index in [2.05, 4.69) is 0 Å². The van der Waals surface area contributed by atoms with E-state index in [1.54, 1.807) is 7.11 Å². The molecule has 5 rings (SSSR count). The van der Waals surface area contributed by atoms with Crippen LogP contribution in [0.15, 0.2) is 121 Å². The standard InChI is InChI=1S/C32H26O5/c1-23-3-5-25(6-4-23)34-27-11-13-29(14-12-27)36-31-19-21-32(22-20-31)37-30-17-15-28(16-18-30)35-26-9-7-24(33-2)8-10-26/h3-22H,1-2H3. The fourth-order valence-electron chi connectivity index (χ4n) is 3.52. The van der Waals surface area contributed by atoms with Gasteiger partial charge in [-0.25, -0.2) is 0 Å². The van der Waals surface area contributed by atoms with Gasteiger partial charge in [-0.3, -0.25) is 0 Å². The third kappa shape index (κ3) is 6.61. The third-order valence-electron chi connectivity index (χ3n) is 5.49. The highest BCUT2D eigenvalue weighted by atomic mass is 16.5. The summed E-state index contributed by atoms with van der Waals surface area (Å²) in [5.74, 6) is 6.64. The largest absolute Gasteiger partial charge is 0.497 e. The lowest BCUT2D eigenvalue weighted by Gasteiger charge is -2.10. The normalized spacial score (nSPS) is 10.4. The van der Waals surface area contributed by atoms with Gasteiger partial charge in [-0.05, 0) is 116 Å². The zero-order chi connectivity index (χ0) is 25.5. The molecule has 0 spiro atoms. The number of methoxy groups -OCH3 is 1. The zero-order valence-electron chi connectivity index (χ0n) is 20.6. The molecule has 0 N–H and O–H groups in total. The first kappa shape index (κ1) is 23.8. The molecule has 0 fully saturated rings. The molecule has 0 amide bonds. The Hall–Kier alpha value is -4.90. The highest BCUT2D eigenvalue weighted by Crippen LogP contribution is 2.31. The van der Waals surface area contributed by atoms with Gasteiger partial charge in [0.15, 0.2) is 0 Å². The molecule has 0 aliphatic carbocycles.